The van der Waals surface area contributed by atoms with Crippen LogP contribution in [-0.2, 0) is 18.4 Å². The number of fused-ring (bicyclic) bond motifs is 1. The van der Waals surface area contributed by atoms with E-state index in [2.05, 4.69) is 26.5 Å². The molecule has 2 aromatic heterocycles. The topological polar surface area (TPSA) is 101 Å². The third-order valence-electron chi connectivity index (χ3n) is 5.21. The average Bonchev–Trinajstić information content (AvgIpc) is 3.34. The molecule has 2 N–H and O–H groups in total. The maximum absolute atomic E-state index is 13.3. The fourth-order valence-electron chi connectivity index (χ4n) is 3.53. The highest BCUT2D eigenvalue weighted by Gasteiger charge is 2.33. The van der Waals surface area contributed by atoms with E-state index in [0.29, 0.717) is 13.1 Å². The van der Waals surface area contributed by atoms with Crippen LogP contribution < -0.4 is 5.84 Å². The number of azo groups is 1. The molecule has 1 aliphatic rings. The fourth-order valence-corrected chi connectivity index (χ4v) is 4.49. The number of aryl methyl sites for hydroxylation is 1. The number of carbonyl (C=O) groups excluding carboxylic acids is 1. The number of rotatable bonds is 2. The smallest absolute Gasteiger partial charge is 0.295 e. The molecule has 3 heterocycles. The fraction of sp³-hybridized carbons (Fsp3) is 0.250. The molecule has 10 heteroatoms. The lowest BCUT2D eigenvalue weighted by Crippen LogP contribution is -2.41. The first kappa shape index (κ1) is 19.9. The van der Waals surface area contributed by atoms with E-state index in [1.807, 2.05) is 30.2 Å². The van der Waals surface area contributed by atoms with E-state index in [1.54, 1.807) is 22.3 Å². The average molecular weight is 425 g/mol. The van der Waals surface area contributed by atoms with Crippen molar-refractivity contribution in [2.45, 2.75) is 19.4 Å². The molecule has 0 bridgehead atoms. The second kappa shape index (κ2) is 8.15. The molecule has 0 spiro atoms. The van der Waals surface area contributed by atoms with Crippen LogP contribution in [0.25, 0.3) is 0 Å². The van der Waals surface area contributed by atoms with Crippen molar-refractivity contribution in [3.05, 3.63) is 69.4 Å². The molecule has 0 aliphatic carbocycles. The lowest BCUT2D eigenvalue weighted by Gasteiger charge is -2.32. The summed E-state index contributed by atoms with van der Waals surface area (Å²) in [6, 6.07) is 7.69. The van der Waals surface area contributed by atoms with E-state index in [-0.39, 0.29) is 17.4 Å². The zero-order chi connectivity index (χ0) is 21.3. The Hall–Kier alpha value is -3.40. The summed E-state index contributed by atoms with van der Waals surface area (Å²) in [5, 5.41) is 17.7. The van der Waals surface area contributed by atoms with E-state index < -0.39 is 11.7 Å². The summed E-state index contributed by atoms with van der Waals surface area (Å²) in [4.78, 5) is 15.8. The van der Waals surface area contributed by atoms with Crippen molar-refractivity contribution in [2.75, 3.05) is 6.54 Å². The largest absolute Gasteiger partial charge is 0.330 e. The quantitative estimate of drug-likeness (QED) is 0.224. The van der Waals surface area contributed by atoms with Gasteiger partial charge in [0.1, 0.15) is 5.82 Å². The molecule has 8 nitrogen and oxygen atoms in total. The summed E-state index contributed by atoms with van der Waals surface area (Å²) in [7, 11) is 1.89. The second-order valence-electron chi connectivity index (χ2n) is 6.98. The van der Waals surface area contributed by atoms with Gasteiger partial charge >= 0.3 is 0 Å². The molecule has 0 saturated carbocycles. The molecule has 1 aliphatic heterocycles. The van der Waals surface area contributed by atoms with Gasteiger partial charge in [0, 0.05) is 41.7 Å². The van der Waals surface area contributed by atoms with E-state index in [0.717, 1.165) is 16.1 Å². The Kier molecular flexibility index (Phi) is 5.40. The number of carbonyl (C=O) groups is 1. The molecule has 1 atom stereocenters. The van der Waals surface area contributed by atoms with Crippen LogP contribution in [0.2, 0.25) is 0 Å². The van der Waals surface area contributed by atoms with Crippen LogP contribution >= 0.6 is 11.3 Å². The molecule has 0 radical (unpaired) electrons. The van der Waals surface area contributed by atoms with Gasteiger partial charge in [-0.3, -0.25) is 9.48 Å². The number of nitrogens with zero attached hydrogens (tertiary/aromatic N) is 6. The summed E-state index contributed by atoms with van der Waals surface area (Å²) in [6.45, 7) is 2.90. The van der Waals surface area contributed by atoms with Gasteiger partial charge in [-0.15, -0.1) is 21.6 Å². The number of aromatic nitrogens is 2. The minimum absolute atomic E-state index is 0.00293. The molecule has 0 saturated heterocycles. The highest BCUT2D eigenvalue weighted by Crippen LogP contribution is 2.37. The Balaban J connectivity index is 1.60. The predicted octanol–water partition coefficient (Wildman–Crippen LogP) is 3.46. The number of hydrogen-bond acceptors (Lipinski definition) is 6. The van der Waals surface area contributed by atoms with Crippen molar-refractivity contribution >= 4 is 28.8 Å². The number of amidine groups is 1. The first-order valence-corrected chi connectivity index (χ1v) is 10.1. The lowest BCUT2D eigenvalue weighted by molar-refractivity contribution is -0.125. The summed E-state index contributed by atoms with van der Waals surface area (Å²) >= 11 is 1.60. The van der Waals surface area contributed by atoms with Crippen LogP contribution in [0.1, 0.15) is 27.6 Å². The normalized spacial score (nSPS) is 16.8. The van der Waals surface area contributed by atoms with Crippen LogP contribution in [0.5, 0.6) is 0 Å². The van der Waals surface area contributed by atoms with E-state index in [9.17, 15) is 9.18 Å². The third-order valence-corrected chi connectivity index (χ3v) is 6.13. The van der Waals surface area contributed by atoms with Crippen LogP contribution in [0.15, 0.2) is 57.2 Å². The molecular formula is C20H20FN7OS. The Morgan fingerprint density at radius 2 is 2.17 bits per heavy atom. The van der Waals surface area contributed by atoms with Gasteiger partial charge in [-0.25, -0.2) is 4.39 Å². The molecular weight excluding hydrogens is 405 g/mol. The van der Waals surface area contributed by atoms with Gasteiger partial charge in [-0.2, -0.15) is 10.2 Å². The van der Waals surface area contributed by atoms with Crippen molar-refractivity contribution in [1.29, 1.82) is 0 Å². The molecule has 4 rings (SSSR count). The van der Waals surface area contributed by atoms with Crippen molar-refractivity contribution in [3.63, 3.8) is 0 Å². The SMILES string of the molecule is Cc1c(C2CN(C(=O)/C(N=Nc3cccc(F)c3)=N/N)Cc3sccc32)cnn1C. The molecule has 30 heavy (non-hydrogen) atoms. The summed E-state index contributed by atoms with van der Waals surface area (Å²) < 4.78 is 15.2. The van der Waals surface area contributed by atoms with E-state index >= 15 is 0 Å². The van der Waals surface area contributed by atoms with Gasteiger partial charge in [-0.1, -0.05) is 6.07 Å². The van der Waals surface area contributed by atoms with Crippen molar-refractivity contribution in [1.82, 2.24) is 14.7 Å². The van der Waals surface area contributed by atoms with Crippen molar-refractivity contribution < 1.29 is 9.18 Å². The van der Waals surface area contributed by atoms with Gasteiger partial charge in [-0.05, 0) is 36.1 Å². The monoisotopic (exact) mass is 425 g/mol. The molecule has 154 valence electrons. The standard InChI is InChI=1S/C20H20FN7OS/c1-12-16(9-23-27(12)2)17-10-28(11-18-15(17)6-7-30-18)20(29)19(24-22)26-25-14-5-3-4-13(21)8-14/h3-9,17H,10-11,22H2,1-2H3/b24-19-,26-25?. The first-order valence-electron chi connectivity index (χ1n) is 9.27. The predicted molar refractivity (Wildman–Crippen MR) is 112 cm³/mol. The van der Waals surface area contributed by atoms with Gasteiger partial charge in [0.05, 0.1) is 18.4 Å². The summed E-state index contributed by atoms with van der Waals surface area (Å²) in [5.41, 5.74) is 3.59. The number of nitrogens with two attached hydrogens (primary N) is 1. The lowest BCUT2D eigenvalue weighted by atomic mass is 9.89. The van der Waals surface area contributed by atoms with Crippen LogP contribution in [0.4, 0.5) is 10.1 Å². The summed E-state index contributed by atoms with van der Waals surface area (Å²) in [6.07, 6.45) is 1.84. The Morgan fingerprint density at radius 1 is 1.33 bits per heavy atom. The zero-order valence-electron chi connectivity index (χ0n) is 16.5. The van der Waals surface area contributed by atoms with E-state index in [1.165, 1.54) is 23.8 Å². The van der Waals surface area contributed by atoms with Gasteiger partial charge < -0.3 is 10.7 Å². The Bertz CT molecular complexity index is 1150. The highest BCUT2D eigenvalue weighted by molar-refractivity contribution is 7.10. The number of hydrazone groups is 1. The minimum Gasteiger partial charge on any atom is -0.330 e. The zero-order valence-corrected chi connectivity index (χ0v) is 17.3. The van der Waals surface area contributed by atoms with Crippen LogP contribution in [0, 0.1) is 12.7 Å². The maximum Gasteiger partial charge on any atom is 0.295 e. The second-order valence-corrected chi connectivity index (χ2v) is 7.98. The highest BCUT2D eigenvalue weighted by atomic mass is 32.1. The number of halogens is 1. The Labute approximate surface area is 176 Å². The van der Waals surface area contributed by atoms with Gasteiger partial charge in [0.2, 0.25) is 0 Å². The summed E-state index contributed by atoms with van der Waals surface area (Å²) in [5.74, 6) is 4.31. The number of thiophene rings is 1. The number of hydrogen-bond donors (Lipinski definition) is 1. The van der Waals surface area contributed by atoms with Crippen LogP contribution in [-0.4, -0.2) is 33.0 Å². The van der Waals surface area contributed by atoms with Gasteiger partial charge in [0.25, 0.3) is 11.7 Å². The van der Waals surface area contributed by atoms with Gasteiger partial charge in [0.15, 0.2) is 0 Å². The maximum atomic E-state index is 13.3. The Morgan fingerprint density at radius 3 is 2.87 bits per heavy atom. The molecule has 1 amide bonds. The number of benzene rings is 1. The molecule has 1 unspecified atom stereocenters. The van der Waals surface area contributed by atoms with Crippen molar-refractivity contribution in [2.24, 2.45) is 28.2 Å². The molecule has 1 aromatic carbocycles. The van der Waals surface area contributed by atoms with E-state index in [4.69, 9.17) is 5.84 Å². The molecule has 3 aromatic rings. The first-order chi connectivity index (χ1) is 14.5. The minimum atomic E-state index is -0.444. The number of amides is 1. The van der Waals surface area contributed by atoms with Crippen LogP contribution in [0.3, 0.4) is 0 Å². The third kappa shape index (κ3) is 3.73. The molecule has 0 fully saturated rings. The van der Waals surface area contributed by atoms with Crippen molar-refractivity contribution in [3.8, 4) is 0 Å².